The average Bonchev–Trinajstić information content (AvgIpc) is 2.67. The molecule has 0 aliphatic carbocycles. The van der Waals surface area contributed by atoms with E-state index in [0.29, 0.717) is 5.56 Å². The third kappa shape index (κ3) is 5.67. The highest BCUT2D eigenvalue weighted by molar-refractivity contribution is 5.98. The predicted molar refractivity (Wildman–Crippen MR) is 103 cm³/mol. The maximum atomic E-state index is 12.5. The van der Waals surface area contributed by atoms with E-state index in [1.807, 2.05) is 44.2 Å². The van der Waals surface area contributed by atoms with Crippen LogP contribution in [-0.2, 0) is 14.3 Å². The summed E-state index contributed by atoms with van der Waals surface area (Å²) < 4.78 is 5.11. The number of amides is 2. The molecule has 0 aliphatic heterocycles. The Morgan fingerprint density at radius 1 is 0.926 bits per heavy atom. The number of esters is 1. The van der Waals surface area contributed by atoms with Crippen molar-refractivity contribution in [2.75, 3.05) is 11.5 Å². The number of nitrogens with one attached hydrogen (secondary N) is 1. The molecule has 1 atom stereocenters. The van der Waals surface area contributed by atoms with Gasteiger partial charge in [-0.15, -0.1) is 0 Å². The van der Waals surface area contributed by atoms with E-state index in [1.165, 1.54) is 6.92 Å². The van der Waals surface area contributed by atoms with Crippen LogP contribution >= 0.6 is 0 Å². The lowest BCUT2D eigenvalue weighted by molar-refractivity contribution is -0.149. The van der Waals surface area contributed by atoms with Gasteiger partial charge in [0.2, 0.25) is 0 Å². The summed E-state index contributed by atoms with van der Waals surface area (Å²) in [6.07, 6.45) is 0. The smallest absolute Gasteiger partial charge is 0.328 e. The van der Waals surface area contributed by atoms with Gasteiger partial charge in [-0.3, -0.25) is 9.59 Å². The maximum absolute atomic E-state index is 12.5. The topological polar surface area (TPSA) is 75.7 Å². The average molecular weight is 368 g/mol. The van der Waals surface area contributed by atoms with Gasteiger partial charge in [-0.2, -0.15) is 0 Å². The Kier molecular flexibility index (Phi) is 7.11. The Morgan fingerprint density at radius 3 is 2.04 bits per heavy atom. The van der Waals surface area contributed by atoms with Crippen molar-refractivity contribution in [1.82, 2.24) is 5.32 Å². The first-order chi connectivity index (χ1) is 12.9. The Labute approximate surface area is 159 Å². The number of hydrogen-bond acceptors (Lipinski definition) is 4. The van der Waals surface area contributed by atoms with E-state index in [1.54, 1.807) is 35.2 Å². The summed E-state index contributed by atoms with van der Waals surface area (Å²) in [5.74, 6) is -1.37. The molecule has 6 heteroatoms. The molecular formula is C21H24N2O4. The molecule has 0 unspecified atom stereocenters. The quantitative estimate of drug-likeness (QED) is 0.763. The Hall–Kier alpha value is -3.15. The zero-order valence-corrected chi connectivity index (χ0v) is 15.7. The lowest BCUT2D eigenvalue weighted by Crippen LogP contribution is -2.43. The van der Waals surface area contributed by atoms with Crippen molar-refractivity contribution in [3.05, 3.63) is 66.2 Å². The summed E-state index contributed by atoms with van der Waals surface area (Å²) in [6, 6.07) is 16.8. The number of nitrogens with zero attached hydrogens (tertiary/aromatic N) is 1. The Bertz CT molecular complexity index is 775. The number of benzene rings is 2. The van der Waals surface area contributed by atoms with E-state index in [4.69, 9.17) is 4.74 Å². The molecule has 142 valence electrons. The molecule has 0 heterocycles. The molecule has 0 bridgehead atoms. The molecule has 0 fully saturated rings. The maximum Gasteiger partial charge on any atom is 0.328 e. The second kappa shape index (κ2) is 9.52. The minimum absolute atomic E-state index is 0.0891. The van der Waals surface area contributed by atoms with Crippen LogP contribution in [0.15, 0.2) is 60.7 Å². The number of carbonyl (C=O) groups excluding carboxylic acids is 3. The number of carbonyl (C=O) groups is 3. The number of anilines is 1. The minimum atomic E-state index is -0.866. The number of ether oxygens (including phenoxy) is 1. The van der Waals surface area contributed by atoms with Crippen LogP contribution in [0.25, 0.3) is 0 Å². The lowest BCUT2D eigenvalue weighted by atomic mass is 10.2. The number of rotatable bonds is 7. The van der Waals surface area contributed by atoms with Gasteiger partial charge in [-0.25, -0.2) is 4.79 Å². The number of hydrogen-bond donors (Lipinski definition) is 1. The van der Waals surface area contributed by atoms with Crippen molar-refractivity contribution >= 4 is 23.5 Å². The summed E-state index contributed by atoms with van der Waals surface area (Å²) in [6.45, 7) is 4.90. The summed E-state index contributed by atoms with van der Waals surface area (Å²) in [7, 11) is 0. The Morgan fingerprint density at radius 2 is 1.48 bits per heavy atom. The fourth-order valence-corrected chi connectivity index (χ4v) is 2.57. The molecule has 0 saturated heterocycles. The molecule has 6 nitrogen and oxygen atoms in total. The van der Waals surface area contributed by atoms with Gasteiger partial charge in [-0.1, -0.05) is 36.4 Å². The van der Waals surface area contributed by atoms with Crippen molar-refractivity contribution in [3.63, 3.8) is 0 Å². The van der Waals surface area contributed by atoms with E-state index in [-0.39, 0.29) is 17.9 Å². The third-order valence-electron chi connectivity index (χ3n) is 3.89. The molecule has 2 amide bonds. The normalized spacial score (nSPS) is 11.6. The molecule has 2 aromatic carbocycles. The first-order valence-electron chi connectivity index (χ1n) is 8.79. The van der Waals surface area contributed by atoms with Gasteiger partial charge >= 0.3 is 5.97 Å². The van der Waals surface area contributed by atoms with Crippen LogP contribution in [0.1, 0.15) is 31.1 Å². The van der Waals surface area contributed by atoms with Gasteiger partial charge in [0.1, 0.15) is 6.04 Å². The van der Waals surface area contributed by atoms with Crippen molar-refractivity contribution in [3.8, 4) is 0 Å². The van der Waals surface area contributed by atoms with Crippen LogP contribution in [0, 0.1) is 0 Å². The van der Waals surface area contributed by atoms with E-state index < -0.39 is 18.6 Å². The molecular weight excluding hydrogens is 344 g/mol. The predicted octanol–water partition coefficient (Wildman–Crippen LogP) is 2.79. The number of para-hydroxylation sites is 1. The van der Waals surface area contributed by atoms with Gasteiger partial charge in [0.15, 0.2) is 6.61 Å². The summed E-state index contributed by atoms with van der Waals surface area (Å²) in [4.78, 5) is 38.3. The molecule has 1 N–H and O–H groups in total. The van der Waals surface area contributed by atoms with Crippen LogP contribution in [0.5, 0.6) is 0 Å². The summed E-state index contributed by atoms with van der Waals surface area (Å²) in [5.41, 5.74) is 1.18. The molecule has 0 radical (unpaired) electrons. The lowest BCUT2D eigenvalue weighted by Gasteiger charge is -2.27. The minimum Gasteiger partial charge on any atom is -0.454 e. The van der Waals surface area contributed by atoms with Gasteiger partial charge in [0, 0.05) is 17.3 Å². The van der Waals surface area contributed by atoms with Crippen LogP contribution in [0.3, 0.4) is 0 Å². The van der Waals surface area contributed by atoms with Crippen LogP contribution in [0.2, 0.25) is 0 Å². The highest BCUT2D eigenvalue weighted by Gasteiger charge is 2.23. The molecule has 2 rings (SSSR count). The zero-order chi connectivity index (χ0) is 19.8. The summed E-state index contributed by atoms with van der Waals surface area (Å²) >= 11 is 0. The van der Waals surface area contributed by atoms with Gasteiger partial charge in [0.25, 0.3) is 11.8 Å². The SMILES string of the molecule is CC(C)N(C(=O)COC(=O)[C@H](C)NC(=O)c1ccccc1)c1ccccc1. The largest absolute Gasteiger partial charge is 0.454 e. The van der Waals surface area contributed by atoms with Gasteiger partial charge < -0.3 is 15.0 Å². The summed E-state index contributed by atoms with van der Waals surface area (Å²) in [5, 5.41) is 2.56. The Balaban J connectivity index is 1.91. The fraction of sp³-hybridized carbons (Fsp3) is 0.286. The van der Waals surface area contributed by atoms with E-state index in [2.05, 4.69) is 5.32 Å². The molecule has 2 aromatic rings. The van der Waals surface area contributed by atoms with Gasteiger partial charge in [-0.05, 0) is 45.0 Å². The van der Waals surface area contributed by atoms with Crippen molar-refractivity contribution in [1.29, 1.82) is 0 Å². The molecule has 0 saturated carbocycles. The molecule has 0 aliphatic rings. The van der Waals surface area contributed by atoms with Crippen LogP contribution in [0.4, 0.5) is 5.69 Å². The van der Waals surface area contributed by atoms with Crippen LogP contribution in [-0.4, -0.2) is 36.5 Å². The standard InChI is InChI=1S/C21H24N2O4/c1-15(2)23(18-12-8-5-9-13-18)19(24)14-27-21(26)16(3)22-20(25)17-10-6-4-7-11-17/h4-13,15-16H,14H2,1-3H3,(H,22,25)/t16-/m0/s1. The van der Waals surface area contributed by atoms with Crippen LogP contribution < -0.4 is 10.2 Å². The molecule has 0 aromatic heterocycles. The molecule has 27 heavy (non-hydrogen) atoms. The van der Waals surface area contributed by atoms with Crippen molar-refractivity contribution in [2.45, 2.75) is 32.9 Å². The van der Waals surface area contributed by atoms with E-state index in [0.717, 1.165) is 5.69 Å². The first kappa shape index (κ1) is 20.2. The van der Waals surface area contributed by atoms with E-state index in [9.17, 15) is 14.4 Å². The van der Waals surface area contributed by atoms with Crippen molar-refractivity contribution in [2.24, 2.45) is 0 Å². The highest BCUT2D eigenvalue weighted by atomic mass is 16.5. The molecule has 0 spiro atoms. The highest BCUT2D eigenvalue weighted by Crippen LogP contribution is 2.16. The second-order valence-corrected chi connectivity index (χ2v) is 6.36. The third-order valence-corrected chi connectivity index (χ3v) is 3.89. The van der Waals surface area contributed by atoms with Crippen molar-refractivity contribution < 1.29 is 19.1 Å². The zero-order valence-electron chi connectivity index (χ0n) is 15.7. The monoisotopic (exact) mass is 368 g/mol. The second-order valence-electron chi connectivity index (χ2n) is 6.36. The fourth-order valence-electron chi connectivity index (χ4n) is 2.57. The first-order valence-corrected chi connectivity index (χ1v) is 8.79. The van der Waals surface area contributed by atoms with E-state index >= 15 is 0 Å². The van der Waals surface area contributed by atoms with Gasteiger partial charge in [0.05, 0.1) is 0 Å².